The van der Waals surface area contributed by atoms with Crippen molar-refractivity contribution < 1.29 is 19.1 Å². The zero-order chi connectivity index (χ0) is 24.2. The van der Waals surface area contributed by atoms with Crippen molar-refractivity contribution in [2.75, 3.05) is 11.9 Å². The number of hydrogen-bond acceptors (Lipinski definition) is 5. The standard InChI is InChI=1S/C26H26N4O4/c1-2-21-12-6-7-14-23(21)29-24(31)18-34-22-13-8-11-20(15-22)17-28-30-26(33)25(32)27-16-19-9-4-3-5-10-19/h3-15,17H,2,16,18H2,1H3,(H,27,32)(H,29,31)(H,30,33)/b28-17-. The fraction of sp³-hybridized carbons (Fsp3) is 0.154. The van der Waals surface area contributed by atoms with Gasteiger partial charge in [-0.15, -0.1) is 0 Å². The van der Waals surface area contributed by atoms with Gasteiger partial charge in [-0.1, -0.05) is 67.6 Å². The van der Waals surface area contributed by atoms with E-state index in [4.69, 9.17) is 4.74 Å². The number of rotatable bonds is 9. The maximum atomic E-state index is 12.2. The molecule has 0 bridgehead atoms. The molecule has 0 heterocycles. The molecule has 0 saturated heterocycles. The molecule has 174 valence electrons. The Bertz CT molecular complexity index is 1160. The minimum absolute atomic E-state index is 0.156. The van der Waals surface area contributed by atoms with Gasteiger partial charge in [0, 0.05) is 12.2 Å². The summed E-state index contributed by atoms with van der Waals surface area (Å²) in [6.45, 7) is 2.11. The minimum atomic E-state index is -0.872. The van der Waals surface area contributed by atoms with Gasteiger partial charge in [0.15, 0.2) is 6.61 Å². The van der Waals surface area contributed by atoms with E-state index >= 15 is 0 Å². The van der Waals surface area contributed by atoms with Gasteiger partial charge in [0.1, 0.15) is 5.75 Å². The van der Waals surface area contributed by atoms with Gasteiger partial charge < -0.3 is 15.4 Å². The summed E-state index contributed by atoms with van der Waals surface area (Å²) in [5, 5.41) is 9.18. The van der Waals surface area contributed by atoms with Crippen molar-refractivity contribution in [3.8, 4) is 5.75 Å². The zero-order valence-electron chi connectivity index (χ0n) is 18.8. The number of benzene rings is 3. The molecule has 0 aliphatic heterocycles. The minimum Gasteiger partial charge on any atom is -0.484 e. The van der Waals surface area contributed by atoms with Crippen molar-refractivity contribution in [1.29, 1.82) is 0 Å². The van der Waals surface area contributed by atoms with Gasteiger partial charge in [0.25, 0.3) is 5.91 Å². The molecule has 0 saturated carbocycles. The molecule has 8 heteroatoms. The average Bonchev–Trinajstić information content (AvgIpc) is 2.87. The number of hydrogen-bond donors (Lipinski definition) is 3. The number of ether oxygens (including phenoxy) is 1. The molecular weight excluding hydrogens is 432 g/mol. The molecule has 0 radical (unpaired) electrons. The highest BCUT2D eigenvalue weighted by molar-refractivity contribution is 6.35. The van der Waals surface area contributed by atoms with Crippen molar-refractivity contribution in [1.82, 2.24) is 10.7 Å². The van der Waals surface area contributed by atoms with Crippen LogP contribution >= 0.6 is 0 Å². The van der Waals surface area contributed by atoms with Crippen LogP contribution in [0.25, 0.3) is 0 Å². The topological polar surface area (TPSA) is 109 Å². The third-order valence-electron chi connectivity index (χ3n) is 4.78. The van der Waals surface area contributed by atoms with E-state index in [9.17, 15) is 14.4 Å². The largest absolute Gasteiger partial charge is 0.484 e. The molecule has 0 unspecified atom stereocenters. The quantitative estimate of drug-likeness (QED) is 0.260. The Balaban J connectivity index is 1.45. The lowest BCUT2D eigenvalue weighted by atomic mass is 10.1. The monoisotopic (exact) mass is 458 g/mol. The number of aryl methyl sites for hydroxylation is 1. The Morgan fingerprint density at radius 2 is 1.68 bits per heavy atom. The normalized spacial score (nSPS) is 10.5. The SMILES string of the molecule is CCc1ccccc1NC(=O)COc1cccc(/C=N\NC(=O)C(=O)NCc2ccccc2)c1. The molecule has 3 aromatic carbocycles. The highest BCUT2D eigenvalue weighted by Gasteiger charge is 2.12. The number of carbonyl (C=O) groups excluding carboxylic acids is 3. The summed E-state index contributed by atoms with van der Waals surface area (Å²) in [6, 6.07) is 23.7. The summed E-state index contributed by atoms with van der Waals surface area (Å²) < 4.78 is 5.57. The Morgan fingerprint density at radius 1 is 0.912 bits per heavy atom. The predicted octanol–water partition coefficient (Wildman–Crippen LogP) is 3.03. The molecule has 0 aromatic heterocycles. The summed E-state index contributed by atoms with van der Waals surface area (Å²) >= 11 is 0. The number of amides is 3. The van der Waals surface area contributed by atoms with Crippen LogP contribution in [0.1, 0.15) is 23.6 Å². The van der Waals surface area contributed by atoms with E-state index < -0.39 is 11.8 Å². The lowest BCUT2D eigenvalue weighted by Crippen LogP contribution is -2.37. The van der Waals surface area contributed by atoms with Crippen LogP contribution in [0.15, 0.2) is 84.0 Å². The second-order valence-electron chi connectivity index (χ2n) is 7.29. The van der Waals surface area contributed by atoms with E-state index in [0.717, 1.165) is 23.2 Å². The number of para-hydroxylation sites is 1. The van der Waals surface area contributed by atoms with E-state index in [0.29, 0.717) is 11.3 Å². The third kappa shape index (κ3) is 7.59. The van der Waals surface area contributed by atoms with Crippen LogP contribution in [-0.4, -0.2) is 30.5 Å². The molecule has 34 heavy (non-hydrogen) atoms. The number of carbonyl (C=O) groups is 3. The predicted molar refractivity (Wildman–Crippen MR) is 130 cm³/mol. The molecule has 0 aliphatic carbocycles. The zero-order valence-corrected chi connectivity index (χ0v) is 18.8. The van der Waals surface area contributed by atoms with Crippen LogP contribution in [0.4, 0.5) is 5.69 Å². The van der Waals surface area contributed by atoms with Crippen LogP contribution in [0.2, 0.25) is 0 Å². The van der Waals surface area contributed by atoms with Gasteiger partial charge >= 0.3 is 11.8 Å². The average molecular weight is 459 g/mol. The van der Waals surface area contributed by atoms with Crippen molar-refractivity contribution in [2.24, 2.45) is 5.10 Å². The summed E-state index contributed by atoms with van der Waals surface area (Å²) in [5.41, 5.74) is 5.51. The Labute approximate surface area is 198 Å². The first-order valence-corrected chi connectivity index (χ1v) is 10.8. The number of nitrogens with one attached hydrogen (secondary N) is 3. The second-order valence-corrected chi connectivity index (χ2v) is 7.29. The highest BCUT2D eigenvalue weighted by atomic mass is 16.5. The molecule has 8 nitrogen and oxygen atoms in total. The molecule has 0 fully saturated rings. The van der Waals surface area contributed by atoms with Gasteiger partial charge in [-0.25, -0.2) is 5.43 Å². The Kier molecular flexibility index (Phi) is 8.92. The number of anilines is 1. The van der Waals surface area contributed by atoms with Crippen LogP contribution < -0.4 is 20.8 Å². The van der Waals surface area contributed by atoms with Gasteiger partial charge in [0.2, 0.25) is 0 Å². The molecule has 0 aliphatic rings. The highest BCUT2D eigenvalue weighted by Crippen LogP contribution is 2.16. The second kappa shape index (κ2) is 12.5. The van der Waals surface area contributed by atoms with E-state index in [1.54, 1.807) is 24.3 Å². The fourth-order valence-electron chi connectivity index (χ4n) is 3.05. The smallest absolute Gasteiger partial charge is 0.329 e. The van der Waals surface area contributed by atoms with Gasteiger partial charge in [-0.05, 0) is 41.3 Å². The maximum absolute atomic E-state index is 12.2. The summed E-state index contributed by atoms with van der Waals surface area (Å²) in [5.74, 6) is -1.46. The molecular formula is C26H26N4O4. The summed E-state index contributed by atoms with van der Waals surface area (Å²) in [7, 11) is 0. The molecule has 3 aromatic rings. The molecule has 0 atom stereocenters. The molecule has 3 amide bonds. The maximum Gasteiger partial charge on any atom is 0.329 e. The van der Waals surface area contributed by atoms with E-state index in [2.05, 4.69) is 21.2 Å². The van der Waals surface area contributed by atoms with Crippen molar-refractivity contribution in [3.05, 3.63) is 95.6 Å². The lowest BCUT2D eigenvalue weighted by Gasteiger charge is -2.10. The van der Waals surface area contributed by atoms with Crippen LogP contribution in [0.5, 0.6) is 5.75 Å². The molecule has 3 N–H and O–H groups in total. The molecule has 3 rings (SSSR count). The number of nitrogens with zero attached hydrogens (tertiary/aromatic N) is 1. The Morgan fingerprint density at radius 3 is 2.47 bits per heavy atom. The van der Waals surface area contributed by atoms with Crippen molar-refractivity contribution in [2.45, 2.75) is 19.9 Å². The first kappa shape index (κ1) is 24.2. The van der Waals surface area contributed by atoms with Crippen molar-refractivity contribution >= 4 is 29.6 Å². The van der Waals surface area contributed by atoms with E-state index in [1.165, 1.54) is 6.21 Å². The van der Waals surface area contributed by atoms with E-state index in [1.807, 2.05) is 61.5 Å². The first-order valence-electron chi connectivity index (χ1n) is 10.8. The number of hydrazone groups is 1. The third-order valence-corrected chi connectivity index (χ3v) is 4.78. The molecule has 0 spiro atoms. The Hall–Kier alpha value is -4.46. The summed E-state index contributed by atoms with van der Waals surface area (Å²) in [6.07, 6.45) is 2.19. The van der Waals surface area contributed by atoms with Crippen molar-refractivity contribution in [3.63, 3.8) is 0 Å². The van der Waals surface area contributed by atoms with Gasteiger partial charge in [-0.3, -0.25) is 14.4 Å². The van der Waals surface area contributed by atoms with E-state index in [-0.39, 0.29) is 19.1 Å². The van der Waals surface area contributed by atoms with Crippen LogP contribution in [-0.2, 0) is 27.3 Å². The lowest BCUT2D eigenvalue weighted by molar-refractivity contribution is -0.139. The first-order chi connectivity index (χ1) is 16.5. The van der Waals surface area contributed by atoms with Gasteiger partial charge in [0.05, 0.1) is 6.21 Å². The fourth-order valence-corrected chi connectivity index (χ4v) is 3.05. The van der Waals surface area contributed by atoms with Gasteiger partial charge in [-0.2, -0.15) is 5.10 Å². The van der Waals surface area contributed by atoms with Crippen LogP contribution in [0.3, 0.4) is 0 Å². The van der Waals surface area contributed by atoms with Crippen LogP contribution in [0, 0.1) is 0 Å². The summed E-state index contributed by atoms with van der Waals surface area (Å²) in [4.78, 5) is 36.0.